The van der Waals surface area contributed by atoms with Gasteiger partial charge in [-0.25, -0.2) is 0 Å². The Balaban J connectivity index is 2.64. The van der Waals surface area contributed by atoms with Gasteiger partial charge in [-0.15, -0.1) is 0 Å². The summed E-state index contributed by atoms with van der Waals surface area (Å²) in [4.78, 5) is 0. The molecule has 0 fully saturated rings. The van der Waals surface area contributed by atoms with Gasteiger partial charge >= 0.3 is 0 Å². The maximum Gasteiger partial charge on any atom is 0.120 e. The molecule has 0 radical (unpaired) electrons. The number of aromatic hydroxyl groups is 1. The van der Waals surface area contributed by atoms with E-state index in [1.54, 1.807) is 6.07 Å². The predicted octanol–water partition coefficient (Wildman–Crippen LogP) is 3.68. The molecule has 0 aliphatic heterocycles. The molecule has 1 atom stereocenters. The minimum atomic E-state index is 0.224. The number of halogens is 1. The van der Waals surface area contributed by atoms with Crippen molar-refractivity contribution in [1.29, 1.82) is 0 Å². The maximum absolute atomic E-state index is 9.69. The number of nitrogens with one attached hydrogen (secondary N) is 1. The fourth-order valence-corrected chi connectivity index (χ4v) is 1.67. The van der Waals surface area contributed by atoms with Crippen molar-refractivity contribution in [3.8, 4) is 5.75 Å². The lowest BCUT2D eigenvalue weighted by molar-refractivity contribution is 0.284. The van der Waals surface area contributed by atoms with Gasteiger partial charge in [0.05, 0.1) is 0 Å². The lowest BCUT2D eigenvalue weighted by Gasteiger charge is -2.28. The molecule has 0 heterocycles. The van der Waals surface area contributed by atoms with Gasteiger partial charge in [0.25, 0.3) is 0 Å². The van der Waals surface area contributed by atoms with Crippen molar-refractivity contribution in [2.24, 2.45) is 5.41 Å². The van der Waals surface area contributed by atoms with Crippen LogP contribution in [0.1, 0.15) is 33.3 Å². The molecule has 3 heteroatoms. The van der Waals surface area contributed by atoms with Crippen LogP contribution in [0.4, 0.5) is 0 Å². The van der Waals surface area contributed by atoms with E-state index in [0.29, 0.717) is 18.3 Å². The standard InChI is InChI=1S/C13H20BrNO/c1-9(13(2,3)4)15-8-10-7-11(14)5-6-12(10)16/h5-7,9,15-16H,8H2,1-4H3. The molecular formula is C13H20BrNO. The summed E-state index contributed by atoms with van der Waals surface area (Å²) in [5.74, 6) is 0.344. The van der Waals surface area contributed by atoms with Crippen LogP contribution in [0.15, 0.2) is 22.7 Å². The van der Waals surface area contributed by atoms with E-state index in [1.807, 2.05) is 12.1 Å². The maximum atomic E-state index is 9.69. The van der Waals surface area contributed by atoms with E-state index in [9.17, 15) is 5.11 Å². The Kier molecular flexibility index (Phi) is 4.39. The highest BCUT2D eigenvalue weighted by atomic mass is 79.9. The Morgan fingerprint density at radius 3 is 2.56 bits per heavy atom. The molecule has 0 amide bonds. The van der Waals surface area contributed by atoms with E-state index < -0.39 is 0 Å². The third-order valence-corrected chi connectivity index (χ3v) is 3.43. The Bertz CT molecular complexity index is 357. The first-order valence-corrected chi connectivity index (χ1v) is 6.31. The van der Waals surface area contributed by atoms with Crippen LogP contribution in [-0.4, -0.2) is 11.1 Å². The van der Waals surface area contributed by atoms with E-state index in [2.05, 4.69) is 48.9 Å². The smallest absolute Gasteiger partial charge is 0.120 e. The van der Waals surface area contributed by atoms with Crippen molar-refractivity contribution in [3.63, 3.8) is 0 Å². The zero-order valence-electron chi connectivity index (χ0n) is 10.3. The van der Waals surface area contributed by atoms with Gasteiger partial charge in [0.2, 0.25) is 0 Å². The number of phenols is 1. The van der Waals surface area contributed by atoms with Gasteiger partial charge in [0.1, 0.15) is 5.75 Å². The predicted molar refractivity (Wildman–Crippen MR) is 71.6 cm³/mol. The molecule has 1 unspecified atom stereocenters. The van der Waals surface area contributed by atoms with Crippen LogP contribution < -0.4 is 5.32 Å². The van der Waals surface area contributed by atoms with Gasteiger partial charge in [0.15, 0.2) is 0 Å². The molecule has 16 heavy (non-hydrogen) atoms. The minimum Gasteiger partial charge on any atom is -0.508 e. The van der Waals surface area contributed by atoms with Crippen LogP contribution in [0.2, 0.25) is 0 Å². The number of benzene rings is 1. The van der Waals surface area contributed by atoms with Gasteiger partial charge in [-0.05, 0) is 30.5 Å². The molecule has 0 aliphatic rings. The Labute approximate surface area is 106 Å². The van der Waals surface area contributed by atoms with Gasteiger partial charge in [-0.3, -0.25) is 0 Å². The summed E-state index contributed by atoms with van der Waals surface area (Å²) in [5, 5.41) is 13.1. The third-order valence-electron chi connectivity index (χ3n) is 2.94. The van der Waals surface area contributed by atoms with Crippen molar-refractivity contribution in [3.05, 3.63) is 28.2 Å². The molecule has 0 saturated heterocycles. The molecule has 0 aromatic heterocycles. The molecule has 0 bridgehead atoms. The highest BCUT2D eigenvalue weighted by molar-refractivity contribution is 9.10. The normalized spacial score (nSPS) is 13.8. The van der Waals surface area contributed by atoms with E-state index in [4.69, 9.17) is 0 Å². The molecule has 2 nitrogen and oxygen atoms in total. The fraction of sp³-hybridized carbons (Fsp3) is 0.538. The average Bonchev–Trinajstić information content (AvgIpc) is 2.17. The summed E-state index contributed by atoms with van der Waals surface area (Å²) < 4.78 is 0.991. The van der Waals surface area contributed by atoms with Crippen molar-refractivity contribution < 1.29 is 5.11 Å². The summed E-state index contributed by atoms with van der Waals surface area (Å²) in [5.41, 5.74) is 1.15. The molecule has 2 N–H and O–H groups in total. The van der Waals surface area contributed by atoms with E-state index in [1.165, 1.54) is 0 Å². The van der Waals surface area contributed by atoms with Gasteiger partial charge in [-0.1, -0.05) is 36.7 Å². The Morgan fingerprint density at radius 1 is 1.38 bits per heavy atom. The monoisotopic (exact) mass is 285 g/mol. The van der Waals surface area contributed by atoms with Gasteiger partial charge in [-0.2, -0.15) is 0 Å². The van der Waals surface area contributed by atoms with Crippen molar-refractivity contribution in [2.75, 3.05) is 0 Å². The molecule has 1 rings (SSSR count). The van der Waals surface area contributed by atoms with E-state index >= 15 is 0 Å². The largest absolute Gasteiger partial charge is 0.508 e. The average molecular weight is 286 g/mol. The van der Waals surface area contributed by atoms with E-state index in [-0.39, 0.29) is 5.41 Å². The first-order valence-electron chi connectivity index (χ1n) is 5.51. The van der Waals surface area contributed by atoms with E-state index in [0.717, 1.165) is 10.0 Å². The number of phenolic OH excluding ortho intramolecular Hbond substituents is 1. The molecular weight excluding hydrogens is 266 g/mol. The molecule has 1 aromatic rings. The molecule has 0 spiro atoms. The molecule has 1 aromatic carbocycles. The highest BCUT2D eigenvalue weighted by Gasteiger charge is 2.19. The van der Waals surface area contributed by atoms with Crippen LogP contribution in [0, 0.1) is 5.41 Å². The summed E-state index contributed by atoms with van der Waals surface area (Å²) in [6, 6.07) is 5.89. The Hall–Kier alpha value is -0.540. The highest BCUT2D eigenvalue weighted by Crippen LogP contribution is 2.23. The van der Waals surface area contributed by atoms with Crippen LogP contribution in [-0.2, 0) is 6.54 Å². The SMILES string of the molecule is CC(NCc1cc(Br)ccc1O)C(C)(C)C. The first-order chi connectivity index (χ1) is 7.30. The summed E-state index contributed by atoms with van der Waals surface area (Å²) in [6.07, 6.45) is 0. The number of rotatable bonds is 3. The number of hydrogen-bond acceptors (Lipinski definition) is 2. The zero-order chi connectivity index (χ0) is 12.3. The second-order valence-electron chi connectivity index (χ2n) is 5.24. The number of hydrogen-bond donors (Lipinski definition) is 2. The van der Waals surface area contributed by atoms with Crippen molar-refractivity contribution in [1.82, 2.24) is 5.32 Å². The zero-order valence-corrected chi connectivity index (χ0v) is 11.9. The van der Waals surface area contributed by atoms with Crippen LogP contribution >= 0.6 is 15.9 Å². The van der Waals surface area contributed by atoms with Crippen LogP contribution in [0.3, 0.4) is 0 Å². The minimum absolute atomic E-state index is 0.224. The second kappa shape index (κ2) is 5.19. The van der Waals surface area contributed by atoms with Crippen molar-refractivity contribution >= 4 is 15.9 Å². The van der Waals surface area contributed by atoms with Crippen LogP contribution in [0.25, 0.3) is 0 Å². The van der Waals surface area contributed by atoms with Crippen LogP contribution in [0.5, 0.6) is 5.75 Å². The lowest BCUT2D eigenvalue weighted by atomic mass is 9.88. The molecule has 0 aliphatic carbocycles. The van der Waals surface area contributed by atoms with Crippen molar-refractivity contribution in [2.45, 2.75) is 40.3 Å². The van der Waals surface area contributed by atoms with Gasteiger partial charge in [0, 0.05) is 22.6 Å². The second-order valence-corrected chi connectivity index (χ2v) is 6.16. The quantitative estimate of drug-likeness (QED) is 0.888. The third kappa shape index (κ3) is 3.80. The molecule has 90 valence electrons. The van der Waals surface area contributed by atoms with Gasteiger partial charge < -0.3 is 10.4 Å². The summed E-state index contributed by atoms with van der Waals surface area (Å²) >= 11 is 3.40. The summed E-state index contributed by atoms with van der Waals surface area (Å²) in [7, 11) is 0. The fourth-order valence-electron chi connectivity index (χ4n) is 1.26. The first kappa shape index (κ1) is 13.5. The lowest BCUT2D eigenvalue weighted by Crippen LogP contribution is -2.37. The summed E-state index contributed by atoms with van der Waals surface area (Å²) in [6.45, 7) is 9.45. The molecule has 0 saturated carbocycles. The topological polar surface area (TPSA) is 32.3 Å². The Morgan fingerprint density at radius 2 is 2.00 bits per heavy atom.